The molecule has 5 nitrogen and oxygen atoms in total. The first-order valence-electron chi connectivity index (χ1n) is 11.7. The normalized spacial score (nSPS) is 15.3. The third-order valence-electron chi connectivity index (χ3n) is 6.08. The summed E-state index contributed by atoms with van der Waals surface area (Å²) < 4.78 is 52.8. The standard InChI is InChI=1S/C25H28F4N4OS/c26-19-7-8-21-22(17-35-23(21)16-19)33-12-4-11-32(13-14-33)10-2-1-9-30-24(34)31-20-6-3-5-18(15-20)25(27,28)29/h3,5-8,15-17H,1-2,4,9-14H2,(H2,30,31,34). The first kappa shape index (κ1) is 25.2. The lowest BCUT2D eigenvalue weighted by Gasteiger charge is -2.23. The van der Waals surface area contributed by atoms with Crippen molar-refractivity contribution < 1.29 is 22.4 Å². The number of amides is 2. The van der Waals surface area contributed by atoms with Gasteiger partial charge in [0.25, 0.3) is 0 Å². The predicted molar refractivity (Wildman–Crippen MR) is 133 cm³/mol. The number of alkyl halides is 3. The van der Waals surface area contributed by atoms with Crippen molar-refractivity contribution in [3.63, 3.8) is 0 Å². The lowest BCUT2D eigenvalue weighted by Crippen LogP contribution is -2.32. The third kappa shape index (κ3) is 6.85. The minimum absolute atomic E-state index is 0.106. The fourth-order valence-corrected chi connectivity index (χ4v) is 5.27. The van der Waals surface area contributed by atoms with E-state index < -0.39 is 17.8 Å². The highest BCUT2D eigenvalue weighted by atomic mass is 32.1. The number of carbonyl (C=O) groups excluding carboxylic acids is 1. The number of urea groups is 1. The summed E-state index contributed by atoms with van der Waals surface area (Å²) in [5.74, 6) is -0.212. The van der Waals surface area contributed by atoms with E-state index in [0.717, 1.165) is 74.2 Å². The van der Waals surface area contributed by atoms with E-state index in [2.05, 4.69) is 25.8 Å². The van der Waals surface area contributed by atoms with E-state index in [9.17, 15) is 22.4 Å². The number of rotatable bonds is 7. The smallest absolute Gasteiger partial charge is 0.369 e. The van der Waals surface area contributed by atoms with Gasteiger partial charge in [-0.15, -0.1) is 11.3 Å². The highest BCUT2D eigenvalue weighted by Gasteiger charge is 2.30. The van der Waals surface area contributed by atoms with Gasteiger partial charge in [-0.05, 0) is 68.8 Å². The van der Waals surface area contributed by atoms with Crippen LogP contribution in [0.25, 0.3) is 10.1 Å². The van der Waals surface area contributed by atoms with Crippen LogP contribution >= 0.6 is 11.3 Å². The van der Waals surface area contributed by atoms with Gasteiger partial charge in [-0.3, -0.25) is 0 Å². The van der Waals surface area contributed by atoms with E-state index in [1.165, 1.54) is 23.9 Å². The Labute approximate surface area is 205 Å². The van der Waals surface area contributed by atoms with Crippen LogP contribution < -0.4 is 15.5 Å². The van der Waals surface area contributed by atoms with Gasteiger partial charge in [-0.1, -0.05) is 6.07 Å². The van der Waals surface area contributed by atoms with Crippen molar-refractivity contribution >= 4 is 38.8 Å². The molecule has 10 heteroatoms. The summed E-state index contributed by atoms with van der Waals surface area (Å²) in [6.07, 6.45) is -1.73. The molecule has 0 radical (unpaired) electrons. The number of benzene rings is 2. The second kappa shape index (κ2) is 11.3. The second-order valence-electron chi connectivity index (χ2n) is 8.61. The van der Waals surface area contributed by atoms with Crippen LogP contribution in [0.2, 0.25) is 0 Å². The van der Waals surface area contributed by atoms with Crippen LogP contribution in [0.3, 0.4) is 0 Å². The molecule has 1 fully saturated rings. The largest absolute Gasteiger partial charge is 0.416 e. The van der Waals surface area contributed by atoms with Crippen molar-refractivity contribution in [2.24, 2.45) is 0 Å². The zero-order chi connectivity index (χ0) is 24.8. The number of thiophene rings is 1. The van der Waals surface area contributed by atoms with Crippen molar-refractivity contribution in [3.8, 4) is 0 Å². The summed E-state index contributed by atoms with van der Waals surface area (Å²) >= 11 is 1.57. The maximum Gasteiger partial charge on any atom is 0.416 e. The number of hydrogen-bond donors (Lipinski definition) is 2. The number of fused-ring (bicyclic) bond motifs is 1. The molecule has 0 spiro atoms. The first-order valence-corrected chi connectivity index (χ1v) is 12.5. The van der Waals surface area contributed by atoms with Crippen LogP contribution in [0.4, 0.5) is 33.7 Å². The Morgan fingerprint density at radius 2 is 1.89 bits per heavy atom. The van der Waals surface area contributed by atoms with E-state index in [0.29, 0.717) is 6.54 Å². The molecule has 2 amide bonds. The van der Waals surface area contributed by atoms with Crippen LogP contribution in [0.5, 0.6) is 0 Å². The molecule has 1 saturated heterocycles. The van der Waals surface area contributed by atoms with Crippen LogP contribution in [0.1, 0.15) is 24.8 Å². The van der Waals surface area contributed by atoms with Gasteiger partial charge in [-0.25, -0.2) is 9.18 Å². The predicted octanol–water partition coefficient (Wildman–Crippen LogP) is 6.17. The van der Waals surface area contributed by atoms with Gasteiger partial charge in [0.1, 0.15) is 5.82 Å². The van der Waals surface area contributed by atoms with Crippen LogP contribution in [0.15, 0.2) is 47.8 Å². The summed E-state index contributed by atoms with van der Waals surface area (Å²) in [7, 11) is 0. The Balaban J connectivity index is 1.16. The number of carbonyl (C=O) groups is 1. The Morgan fingerprint density at radius 3 is 2.71 bits per heavy atom. The number of anilines is 2. The number of hydrogen-bond acceptors (Lipinski definition) is 4. The molecule has 1 aliphatic heterocycles. The van der Waals surface area contributed by atoms with Crippen molar-refractivity contribution in [1.29, 1.82) is 0 Å². The topological polar surface area (TPSA) is 47.6 Å². The van der Waals surface area contributed by atoms with Crippen molar-refractivity contribution in [3.05, 3.63) is 59.2 Å². The zero-order valence-electron chi connectivity index (χ0n) is 19.2. The molecule has 0 aliphatic carbocycles. The summed E-state index contributed by atoms with van der Waals surface area (Å²) in [4.78, 5) is 16.8. The van der Waals surface area contributed by atoms with Gasteiger partial charge < -0.3 is 20.4 Å². The molecule has 0 bridgehead atoms. The Hall–Kier alpha value is -2.85. The monoisotopic (exact) mass is 508 g/mol. The summed E-state index contributed by atoms with van der Waals surface area (Å²) in [6, 6.07) is 9.01. The van der Waals surface area contributed by atoms with E-state index in [4.69, 9.17) is 0 Å². The lowest BCUT2D eigenvalue weighted by molar-refractivity contribution is -0.137. The quantitative estimate of drug-likeness (QED) is 0.296. The average molecular weight is 509 g/mol. The molecule has 0 saturated carbocycles. The summed E-state index contributed by atoms with van der Waals surface area (Å²) in [5.41, 5.74) is 0.477. The molecule has 2 aromatic carbocycles. The average Bonchev–Trinajstić information content (AvgIpc) is 3.08. The SMILES string of the molecule is O=C(NCCCCN1CCCN(c2csc3cc(F)ccc23)CC1)Nc1cccc(C(F)(F)F)c1. The van der Waals surface area contributed by atoms with E-state index in [-0.39, 0.29) is 11.5 Å². The maximum atomic E-state index is 13.5. The highest BCUT2D eigenvalue weighted by Crippen LogP contribution is 2.34. The Morgan fingerprint density at radius 1 is 1.03 bits per heavy atom. The van der Waals surface area contributed by atoms with Crippen LogP contribution in [-0.4, -0.2) is 50.2 Å². The van der Waals surface area contributed by atoms with Crippen LogP contribution in [0, 0.1) is 5.82 Å². The first-order chi connectivity index (χ1) is 16.8. The molecule has 1 aromatic heterocycles. The van der Waals surface area contributed by atoms with Gasteiger partial charge in [0.15, 0.2) is 0 Å². The number of nitrogens with zero attached hydrogens (tertiary/aromatic N) is 2. The molecular weight excluding hydrogens is 480 g/mol. The van der Waals surface area contributed by atoms with Crippen molar-refractivity contribution in [1.82, 2.24) is 10.2 Å². The van der Waals surface area contributed by atoms with E-state index in [1.54, 1.807) is 17.4 Å². The van der Waals surface area contributed by atoms with Gasteiger partial charge in [0, 0.05) is 47.3 Å². The number of nitrogens with one attached hydrogen (secondary N) is 2. The van der Waals surface area contributed by atoms with E-state index in [1.807, 2.05) is 6.07 Å². The molecule has 0 unspecified atom stereocenters. The van der Waals surface area contributed by atoms with Crippen molar-refractivity contribution in [2.45, 2.75) is 25.4 Å². The molecule has 4 rings (SSSR count). The zero-order valence-corrected chi connectivity index (χ0v) is 20.0. The Kier molecular flexibility index (Phi) is 8.12. The summed E-state index contributed by atoms with van der Waals surface area (Å²) in [5, 5.41) is 8.36. The van der Waals surface area contributed by atoms with Gasteiger partial charge >= 0.3 is 12.2 Å². The molecule has 0 atom stereocenters. The van der Waals surface area contributed by atoms with Crippen LogP contribution in [-0.2, 0) is 6.18 Å². The number of halogens is 4. The third-order valence-corrected chi connectivity index (χ3v) is 7.01. The molecule has 35 heavy (non-hydrogen) atoms. The second-order valence-corrected chi connectivity index (χ2v) is 9.52. The summed E-state index contributed by atoms with van der Waals surface area (Å²) in [6.45, 7) is 5.15. The fraction of sp³-hybridized carbons (Fsp3) is 0.400. The maximum absolute atomic E-state index is 13.5. The Bertz CT molecular complexity index is 1150. The molecule has 2 N–H and O–H groups in total. The number of unbranched alkanes of at least 4 members (excludes halogenated alkanes) is 1. The highest BCUT2D eigenvalue weighted by molar-refractivity contribution is 7.17. The van der Waals surface area contributed by atoms with Gasteiger partial charge in [0.05, 0.1) is 11.3 Å². The molecule has 1 aliphatic rings. The molecular formula is C25H28F4N4OS. The van der Waals surface area contributed by atoms with Gasteiger partial charge in [-0.2, -0.15) is 13.2 Å². The minimum atomic E-state index is -4.45. The minimum Gasteiger partial charge on any atom is -0.369 e. The molecule has 3 aromatic rings. The van der Waals surface area contributed by atoms with Crippen molar-refractivity contribution in [2.75, 3.05) is 49.5 Å². The lowest BCUT2D eigenvalue weighted by atomic mass is 10.2. The fourth-order valence-electron chi connectivity index (χ4n) is 4.28. The molecule has 188 valence electrons. The van der Waals surface area contributed by atoms with E-state index >= 15 is 0 Å². The van der Waals surface area contributed by atoms with Gasteiger partial charge in [0.2, 0.25) is 0 Å². The molecule has 2 heterocycles.